The van der Waals surface area contributed by atoms with E-state index in [9.17, 15) is 27.5 Å². The maximum absolute atomic E-state index is 14.3. The second kappa shape index (κ2) is 5.08. The summed E-state index contributed by atoms with van der Waals surface area (Å²) in [7, 11) is 0. The molecule has 120 valence electrons. The summed E-state index contributed by atoms with van der Waals surface area (Å²) in [5, 5.41) is 9.20. The number of rotatable bonds is 3. The molecule has 0 bridgehead atoms. The maximum Gasteiger partial charge on any atom is 0.416 e. The third-order valence-electron chi connectivity index (χ3n) is 4.19. The van der Waals surface area contributed by atoms with Crippen molar-refractivity contribution in [1.29, 1.82) is 0 Å². The van der Waals surface area contributed by atoms with Crippen LogP contribution >= 0.6 is 0 Å². The molecule has 0 spiro atoms. The van der Waals surface area contributed by atoms with Gasteiger partial charge in [-0.2, -0.15) is 13.2 Å². The van der Waals surface area contributed by atoms with Crippen molar-refractivity contribution in [2.75, 3.05) is 0 Å². The van der Waals surface area contributed by atoms with Gasteiger partial charge in [0.1, 0.15) is 5.82 Å². The first kappa shape index (κ1) is 15.5. The third-order valence-corrected chi connectivity index (χ3v) is 4.19. The minimum Gasteiger partial charge on any atom is -0.481 e. The van der Waals surface area contributed by atoms with Gasteiger partial charge in [-0.05, 0) is 42.2 Å². The summed E-state index contributed by atoms with van der Waals surface area (Å²) in [4.78, 5) is 11.2. The molecule has 0 aromatic heterocycles. The topological polar surface area (TPSA) is 37.3 Å². The highest BCUT2D eigenvalue weighted by molar-refractivity contribution is 5.85. The van der Waals surface area contributed by atoms with Crippen LogP contribution in [0, 0.1) is 5.82 Å². The molecule has 0 aliphatic heterocycles. The molecule has 0 saturated heterocycles. The van der Waals surface area contributed by atoms with Gasteiger partial charge in [0.2, 0.25) is 0 Å². The van der Waals surface area contributed by atoms with Crippen molar-refractivity contribution >= 4 is 5.97 Å². The first-order chi connectivity index (χ1) is 10.7. The fraction of sp³-hybridized carbons (Fsp3) is 0.235. The summed E-state index contributed by atoms with van der Waals surface area (Å²) in [5.74, 6) is -1.71. The van der Waals surface area contributed by atoms with Gasteiger partial charge in [0, 0.05) is 5.56 Å². The van der Waals surface area contributed by atoms with Gasteiger partial charge < -0.3 is 5.11 Å². The van der Waals surface area contributed by atoms with E-state index in [0.717, 1.165) is 12.1 Å². The zero-order valence-electron chi connectivity index (χ0n) is 11.8. The Morgan fingerprint density at radius 3 is 2.00 bits per heavy atom. The van der Waals surface area contributed by atoms with Crippen LogP contribution < -0.4 is 0 Å². The largest absolute Gasteiger partial charge is 0.481 e. The van der Waals surface area contributed by atoms with Crippen molar-refractivity contribution in [2.45, 2.75) is 24.4 Å². The maximum atomic E-state index is 14.3. The number of carboxylic acids is 1. The molecular weight excluding hydrogens is 312 g/mol. The molecule has 3 rings (SSSR count). The van der Waals surface area contributed by atoms with Crippen molar-refractivity contribution < 1.29 is 27.5 Å². The molecule has 0 heterocycles. The summed E-state index contributed by atoms with van der Waals surface area (Å²) in [6.45, 7) is 0. The summed E-state index contributed by atoms with van der Waals surface area (Å²) in [6, 6.07) is 8.50. The minimum absolute atomic E-state index is 0.126. The van der Waals surface area contributed by atoms with E-state index < -0.39 is 28.9 Å². The molecule has 0 amide bonds. The lowest BCUT2D eigenvalue weighted by Crippen LogP contribution is -2.20. The lowest BCUT2D eigenvalue weighted by atomic mass is 9.93. The summed E-state index contributed by atoms with van der Waals surface area (Å²) >= 11 is 0. The Kier molecular flexibility index (Phi) is 3.43. The van der Waals surface area contributed by atoms with Crippen LogP contribution in [0.3, 0.4) is 0 Å². The van der Waals surface area contributed by atoms with Gasteiger partial charge in [-0.3, -0.25) is 4.79 Å². The lowest BCUT2D eigenvalue weighted by Gasteiger charge is -2.13. The van der Waals surface area contributed by atoms with Crippen LogP contribution in [0.25, 0.3) is 11.1 Å². The number of hydrogen-bond acceptors (Lipinski definition) is 1. The average Bonchev–Trinajstić information content (AvgIpc) is 3.28. The van der Waals surface area contributed by atoms with E-state index in [1.807, 2.05) is 0 Å². The molecule has 1 fully saturated rings. The minimum atomic E-state index is -4.42. The smallest absolute Gasteiger partial charge is 0.416 e. The van der Waals surface area contributed by atoms with Crippen LogP contribution in [-0.2, 0) is 16.4 Å². The molecule has 1 aliphatic rings. The summed E-state index contributed by atoms with van der Waals surface area (Å²) < 4.78 is 51.9. The molecule has 1 aliphatic carbocycles. The Bertz CT molecular complexity index is 759. The van der Waals surface area contributed by atoms with Gasteiger partial charge in [-0.15, -0.1) is 0 Å². The van der Waals surface area contributed by atoms with E-state index in [2.05, 4.69) is 0 Å². The highest BCUT2D eigenvalue weighted by Gasteiger charge is 2.53. The van der Waals surface area contributed by atoms with E-state index in [1.165, 1.54) is 30.3 Å². The van der Waals surface area contributed by atoms with Crippen LogP contribution in [0.4, 0.5) is 17.6 Å². The van der Waals surface area contributed by atoms with Crippen molar-refractivity contribution in [3.8, 4) is 11.1 Å². The zero-order valence-corrected chi connectivity index (χ0v) is 11.8. The van der Waals surface area contributed by atoms with E-state index in [1.54, 1.807) is 0 Å². The number of halogens is 4. The number of benzene rings is 2. The van der Waals surface area contributed by atoms with E-state index >= 15 is 0 Å². The Hall–Kier alpha value is -2.37. The van der Waals surface area contributed by atoms with Crippen molar-refractivity contribution in [2.24, 2.45) is 0 Å². The Morgan fingerprint density at radius 2 is 1.57 bits per heavy atom. The van der Waals surface area contributed by atoms with Crippen molar-refractivity contribution in [3.05, 3.63) is 59.4 Å². The number of carbonyl (C=O) groups is 1. The van der Waals surface area contributed by atoms with Crippen molar-refractivity contribution in [1.82, 2.24) is 0 Å². The monoisotopic (exact) mass is 324 g/mol. The van der Waals surface area contributed by atoms with Crippen LogP contribution in [0.1, 0.15) is 24.0 Å². The molecule has 0 unspecified atom stereocenters. The van der Waals surface area contributed by atoms with E-state index in [0.29, 0.717) is 24.0 Å². The normalized spacial score (nSPS) is 16.2. The number of aliphatic carboxylic acids is 1. The Morgan fingerprint density at radius 1 is 1.00 bits per heavy atom. The van der Waals surface area contributed by atoms with Crippen LogP contribution in [0.5, 0.6) is 0 Å². The predicted octanol–water partition coefficient (Wildman–Crippen LogP) is 4.63. The summed E-state index contributed by atoms with van der Waals surface area (Å²) in [5.41, 5.74) is -0.963. The Labute approximate surface area is 129 Å². The molecule has 2 aromatic rings. The molecule has 1 saturated carbocycles. The van der Waals surface area contributed by atoms with Crippen LogP contribution in [-0.4, -0.2) is 11.1 Å². The van der Waals surface area contributed by atoms with Gasteiger partial charge in [-0.25, -0.2) is 4.39 Å². The van der Waals surface area contributed by atoms with Gasteiger partial charge in [0.15, 0.2) is 0 Å². The fourth-order valence-electron chi connectivity index (χ4n) is 2.66. The van der Waals surface area contributed by atoms with Gasteiger partial charge in [0.05, 0.1) is 11.0 Å². The molecule has 2 aromatic carbocycles. The average molecular weight is 324 g/mol. The molecule has 0 radical (unpaired) electrons. The quantitative estimate of drug-likeness (QED) is 0.836. The second-order valence-corrected chi connectivity index (χ2v) is 5.66. The van der Waals surface area contributed by atoms with Crippen molar-refractivity contribution in [3.63, 3.8) is 0 Å². The van der Waals surface area contributed by atoms with E-state index in [4.69, 9.17) is 0 Å². The predicted molar refractivity (Wildman–Crippen MR) is 75.4 cm³/mol. The van der Waals surface area contributed by atoms with Crippen LogP contribution in [0.2, 0.25) is 0 Å². The zero-order chi connectivity index (χ0) is 16.8. The lowest BCUT2D eigenvalue weighted by molar-refractivity contribution is -0.140. The van der Waals surface area contributed by atoms with Gasteiger partial charge in [-0.1, -0.05) is 24.3 Å². The molecule has 2 nitrogen and oxygen atoms in total. The SMILES string of the molecule is O=C(O)C1(c2ccc(-c3ccc(C(F)(F)F)cc3)cc2F)CC1. The van der Waals surface area contributed by atoms with Gasteiger partial charge in [0.25, 0.3) is 0 Å². The van der Waals surface area contributed by atoms with E-state index in [-0.39, 0.29) is 5.56 Å². The Balaban J connectivity index is 1.93. The number of alkyl halides is 3. The highest BCUT2D eigenvalue weighted by Crippen LogP contribution is 2.49. The molecule has 23 heavy (non-hydrogen) atoms. The second-order valence-electron chi connectivity index (χ2n) is 5.66. The van der Waals surface area contributed by atoms with Crippen LogP contribution in [0.15, 0.2) is 42.5 Å². The molecule has 6 heteroatoms. The molecular formula is C17H12F4O2. The third kappa shape index (κ3) is 2.69. The molecule has 0 atom stereocenters. The molecule has 1 N–H and O–H groups in total. The number of hydrogen-bond donors (Lipinski definition) is 1. The summed E-state index contributed by atoms with van der Waals surface area (Å²) in [6.07, 6.45) is -3.65. The standard InChI is InChI=1S/C17H12F4O2/c18-14-9-11(3-6-13(14)16(7-8-16)15(22)23)10-1-4-12(5-2-10)17(19,20)21/h1-6,9H,7-8H2,(H,22,23). The van der Waals surface area contributed by atoms with Gasteiger partial charge >= 0.3 is 12.1 Å². The number of carboxylic acid groups (broad SMARTS) is 1. The highest BCUT2D eigenvalue weighted by atomic mass is 19.4. The first-order valence-electron chi connectivity index (χ1n) is 6.95. The first-order valence-corrected chi connectivity index (χ1v) is 6.95. The fourth-order valence-corrected chi connectivity index (χ4v) is 2.66.